The molecule has 0 spiro atoms. The van der Waals surface area contributed by atoms with Gasteiger partial charge in [-0.3, -0.25) is 0 Å². The Balaban J connectivity index is 0.000000845. The zero-order valence-electron chi connectivity index (χ0n) is 6.15. The molecule has 1 N–H and O–H groups in total. The molecule has 2 rings (SSSR count). The molecular formula is C9H7LiO3. The maximum atomic E-state index is 10.5. The van der Waals surface area contributed by atoms with E-state index in [2.05, 4.69) is 0 Å². The standard InChI is InChI=1S/C9H6O3.Li.H/c10-9(11)8-5-6-3-1-2-4-7(6)12-8;;/h1-5H,(H,10,11);;. The van der Waals surface area contributed by atoms with Crippen molar-refractivity contribution < 1.29 is 14.3 Å². The molecule has 0 aliphatic carbocycles. The van der Waals surface area contributed by atoms with Crippen molar-refractivity contribution in [1.82, 2.24) is 0 Å². The van der Waals surface area contributed by atoms with Gasteiger partial charge in [-0.1, -0.05) is 18.2 Å². The summed E-state index contributed by atoms with van der Waals surface area (Å²) in [5.41, 5.74) is 0.606. The molecular weight excluding hydrogens is 163 g/mol. The Morgan fingerprint density at radius 3 is 2.62 bits per heavy atom. The van der Waals surface area contributed by atoms with Crippen molar-refractivity contribution in [1.29, 1.82) is 0 Å². The van der Waals surface area contributed by atoms with Crippen LogP contribution in [0.15, 0.2) is 34.7 Å². The van der Waals surface area contributed by atoms with Crippen LogP contribution in [0.1, 0.15) is 10.6 Å². The number of para-hydroxylation sites is 1. The zero-order chi connectivity index (χ0) is 8.55. The van der Waals surface area contributed by atoms with Gasteiger partial charge in [0.1, 0.15) is 5.58 Å². The van der Waals surface area contributed by atoms with Gasteiger partial charge < -0.3 is 9.52 Å². The van der Waals surface area contributed by atoms with Crippen LogP contribution < -0.4 is 0 Å². The third-order valence-corrected chi connectivity index (χ3v) is 1.64. The van der Waals surface area contributed by atoms with Gasteiger partial charge in [0, 0.05) is 5.39 Å². The molecule has 0 aliphatic rings. The second kappa shape index (κ2) is 3.69. The van der Waals surface area contributed by atoms with E-state index in [0.717, 1.165) is 5.39 Å². The third kappa shape index (κ3) is 1.77. The van der Waals surface area contributed by atoms with Crippen molar-refractivity contribution in [2.75, 3.05) is 0 Å². The molecule has 0 aliphatic heterocycles. The number of carbonyl (C=O) groups is 1. The molecule has 0 saturated carbocycles. The molecule has 0 amide bonds. The van der Waals surface area contributed by atoms with E-state index in [9.17, 15) is 4.79 Å². The van der Waals surface area contributed by atoms with Gasteiger partial charge in [-0.05, 0) is 12.1 Å². The molecule has 0 atom stereocenters. The summed E-state index contributed by atoms with van der Waals surface area (Å²) in [6.45, 7) is 0. The summed E-state index contributed by atoms with van der Waals surface area (Å²) in [6, 6.07) is 8.70. The van der Waals surface area contributed by atoms with Crippen molar-refractivity contribution in [3.63, 3.8) is 0 Å². The Labute approximate surface area is 86.5 Å². The third-order valence-electron chi connectivity index (χ3n) is 1.64. The van der Waals surface area contributed by atoms with E-state index in [1.165, 1.54) is 6.07 Å². The van der Waals surface area contributed by atoms with Gasteiger partial charge in [0.05, 0.1) is 0 Å². The Morgan fingerprint density at radius 1 is 1.31 bits per heavy atom. The number of rotatable bonds is 1. The number of hydrogen-bond acceptors (Lipinski definition) is 2. The van der Waals surface area contributed by atoms with Gasteiger partial charge >= 0.3 is 24.8 Å². The number of carboxylic acids is 1. The number of aromatic carboxylic acids is 1. The predicted octanol–water partition coefficient (Wildman–Crippen LogP) is 1.48. The average molecular weight is 170 g/mol. The SMILES string of the molecule is O=C(O)c1cc2ccccc2o1.[LiH]. The molecule has 2 aromatic rings. The van der Waals surface area contributed by atoms with E-state index >= 15 is 0 Å². The van der Waals surface area contributed by atoms with E-state index < -0.39 is 5.97 Å². The summed E-state index contributed by atoms with van der Waals surface area (Å²) in [5, 5.41) is 9.41. The van der Waals surface area contributed by atoms with Crippen molar-refractivity contribution in [2.45, 2.75) is 0 Å². The van der Waals surface area contributed by atoms with Crippen LogP contribution in [-0.4, -0.2) is 29.9 Å². The Bertz CT molecular complexity index is 400. The van der Waals surface area contributed by atoms with E-state index in [-0.39, 0.29) is 24.6 Å². The summed E-state index contributed by atoms with van der Waals surface area (Å²) in [7, 11) is 0. The summed E-state index contributed by atoms with van der Waals surface area (Å²) in [5.74, 6) is -1.05. The second-order valence-corrected chi connectivity index (χ2v) is 2.45. The molecule has 0 unspecified atom stereocenters. The predicted molar refractivity (Wildman–Crippen MR) is 50.3 cm³/mol. The van der Waals surface area contributed by atoms with Crippen LogP contribution in [0.3, 0.4) is 0 Å². The number of hydrogen-bond donors (Lipinski definition) is 1. The summed E-state index contributed by atoms with van der Waals surface area (Å²) < 4.78 is 5.03. The maximum absolute atomic E-state index is 10.5. The minimum atomic E-state index is -1.04. The zero-order valence-corrected chi connectivity index (χ0v) is 6.15. The monoisotopic (exact) mass is 170 g/mol. The van der Waals surface area contributed by atoms with Gasteiger partial charge in [-0.2, -0.15) is 0 Å². The van der Waals surface area contributed by atoms with Crippen molar-refractivity contribution in [3.05, 3.63) is 36.1 Å². The second-order valence-electron chi connectivity index (χ2n) is 2.45. The van der Waals surface area contributed by atoms with Crippen LogP contribution in [0, 0.1) is 0 Å². The summed E-state index contributed by atoms with van der Waals surface area (Å²) in [4.78, 5) is 10.5. The van der Waals surface area contributed by atoms with Crippen LogP contribution in [0.5, 0.6) is 0 Å². The van der Waals surface area contributed by atoms with Crippen LogP contribution in [0.2, 0.25) is 0 Å². The summed E-state index contributed by atoms with van der Waals surface area (Å²) in [6.07, 6.45) is 0. The molecule has 13 heavy (non-hydrogen) atoms. The van der Waals surface area contributed by atoms with Crippen LogP contribution in [0.25, 0.3) is 11.0 Å². The van der Waals surface area contributed by atoms with Gasteiger partial charge in [-0.25, -0.2) is 4.79 Å². The van der Waals surface area contributed by atoms with Gasteiger partial charge in [0.25, 0.3) is 0 Å². The first-order valence-corrected chi connectivity index (χ1v) is 3.49. The first-order chi connectivity index (χ1) is 5.77. The van der Waals surface area contributed by atoms with Gasteiger partial charge in [0.2, 0.25) is 5.76 Å². The topological polar surface area (TPSA) is 50.4 Å². The van der Waals surface area contributed by atoms with E-state index in [4.69, 9.17) is 9.52 Å². The number of furan rings is 1. The quantitative estimate of drug-likeness (QED) is 0.659. The van der Waals surface area contributed by atoms with Crippen LogP contribution in [0.4, 0.5) is 0 Å². The van der Waals surface area contributed by atoms with E-state index in [1.807, 2.05) is 12.1 Å². The fourth-order valence-corrected chi connectivity index (χ4v) is 1.09. The molecule has 0 radical (unpaired) electrons. The number of fused-ring (bicyclic) bond motifs is 1. The Kier molecular flexibility index (Phi) is 2.82. The Hall–Kier alpha value is -1.17. The number of carboxylic acid groups (broad SMARTS) is 1. The van der Waals surface area contributed by atoms with Crippen LogP contribution >= 0.6 is 0 Å². The first-order valence-electron chi connectivity index (χ1n) is 3.49. The summed E-state index contributed by atoms with van der Waals surface area (Å²) >= 11 is 0. The molecule has 0 fully saturated rings. The molecule has 62 valence electrons. The molecule has 0 saturated heterocycles. The van der Waals surface area contributed by atoms with E-state index in [0.29, 0.717) is 5.58 Å². The fraction of sp³-hybridized carbons (Fsp3) is 0. The van der Waals surface area contributed by atoms with Crippen molar-refractivity contribution in [2.24, 2.45) is 0 Å². The van der Waals surface area contributed by atoms with E-state index in [1.54, 1.807) is 12.1 Å². The fourth-order valence-electron chi connectivity index (χ4n) is 1.09. The first kappa shape index (κ1) is 9.91. The van der Waals surface area contributed by atoms with Crippen molar-refractivity contribution in [3.8, 4) is 0 Å². The molecule has 1 aromatic carbocycles. The molecule has 1 aromatic heterocycles. The minimum absolute atomic E-state index is 0. The van der Waals surface area contributed by atoms with Gasteiger partial charge in [0.15, 0.2) is 0 Å². The molecule has 3 nitrogen and oxygen atoms in total. The normalized spacial score (nSPS) is 9.54. The van der Waals surface area contributed by atoms with Crippen LogP contribution in [-0.2, 0) is 0 Å². The number of benzene rings is 1. The molecule has 4 heteroatoms. The van der Waals surface area contributed by atoms with Crippen molar-refractivity contribution >= 4 is 35.8 Å². The molecule has 1 heterocycles. The average Bonchev–Trinajstić information content (AvgIpc) is 2.46. The molecule has 0 bridgehead atoms. The Morgan fingerprint density at radius 2 is 2.00 bits per heavy atom. The van der Waals surface area contributed by atoms with Gasteiger partial charge in [-0.15, -0.1) is 0 Å².